The maximum absolute atomic E-state index is 11.8. The number of fused-ring (bicyclic) bond motifs is 2. The molecule has 0 atom stereocenters. The van der Waals surface area contributed by atoms with Gasteiger partial charge in [-0.25, -0.2) is 9.97 Å². The molecule has 9 nitrogen and oxygen atoms in total. The quantitative estimate of drug-likeness (QED) is 0.301. The van der Waals surface area contributed by atoms with Gasteiger partial charge in [0.2, 0.25) is 5.91 Å². The fourth-order valence-corrected chi connectivity index (χ4v) is 5.01. The van der Waals surface area contributed by atoms with Gasteiger partial charge >= 0.3 is 0 Å². The van der Waals surface area contributed by atoms with Crippen LogP contribution in [0.25, 0.3) is 33.3 Å². The highest BCUT2D eigenvalue weighted by Crippen LogP contribution is 2.28. The highest BCUT2D eigenvalue weighted by molar-refractivity contribution is 5.87. The van der Waals surface area contributed by atoms with E-state index in [2.05, 4.69) is 26.6 Å². The van der Waals surface area contributed by atoms with Crippen molar-refractivity contribution in [1.29, 1.82) is 0 Å². The van der Waals surface area contributed by atoms with Crippen molar-refractivity contribution in [3.05, 3.63) is 73.5 Å². The summed E-state index contributed by atoms with van der Waals surface area (Å²) in [5.41, 5.74) is 5.10. The van der Waals surface area contributed by atoms with E-state index in [-0.39, 0.29) is 5.91 Å². The van der Waals surface area contributed by atoms with Crippen LogP contribution in [0.1, 0.15) is 25.1 Å². The van der Waals surface area contributed by atoms with Crippen LogP contribution >= 0.6 is 0 Å². The first-order valence-electron chi connectivity index (χ1n) is 12.9. The molecule has 0 unspecified atom stereocenters. The summed E-state index contributed by atoms with van der Waals surface area (Å²) in [5.74, 6) is 2.91. The molecule has 1 saturated heterocycles. The largest absolute Gasteiger partial charge is 0.457 e. The Labute approximate surface area is 220 Å². The summed E-state index contributed by atoms with van der Waals surface area (Å²) < 4.78 is 8.08. The van der Waals surface area contributed by atoms with Crippen LogP contribution in [0.15, 0.2) is 67.6 Å². The van der Waals surface area contributed by atoms with Crippen LogP contribution in [0.5, 0.6) is 11.5 Å². The minimum absolute atomic E-state index is 0.0287. The molecule has 38 heavy (non-hydrogen) atoms. The Hall–Kier alpha value is -4.53. The predicted molar refractivity (Wildman–Crippen MR) is 146 cm³/mol. The molecule has 1 fully saturated rings. The number of aromatic amines is 1. The number of imidazole rings is 1. The highest BCUT2D eigenvalue weighted by Gasteiger charge is 2.21. The summed E-state index contributed by atoms with van der Waals surface area (Å²) in [6.07, 6.45) is 10.1. The molecule has 0 aliphatic carbocycles. The van der Waals surface area contributed by atoms with E-state index in [0.29, 0.717) is 11.7 Å². The zero-order valence-electron chi connectivity index (χ0n) is 21.3. The summed E-state index contributed by atoms with van der Waals surface area (Å²) in [6, 6.07) is 11.5. The number of benzene rings is 2. The summed E-state index contributed by atoms with van der Waals surface area (Å²) in [7, 11) is 0. The maximum Gasteiger partial charge on any atom is 0.245 e. The third kappa shape index (κ3) is 5.00. The van der Waals surface area contributed by atoms with Crippen LogP contribution in [0.2, 0.25) is 0 Å². The molecular weight excluding hydrogens is 478 g/mol. The lowest BCUT2D eigenvalue weighted by molar-refractivity contribution is -0.127. The highest BCUT2D eigenvalue weighted by atomic mass is 16.5. The van der Waals surface area contributed by atoms with Crippen molar-refractivity contribution < 1.29 is 9.53 Å². The normalized spacial score (nSPS) is 14.3. The first-order chi connectivity index (χ1) is 18.5. The van der Waals surface area contributed by atoms with Gasteiger partial charge in [0.1, 0.15) is 17.3 Å². The fourth-order valence-electron chi connectivity index (χ4n) is 5.01. The van der Waals surface area contributed by atoms with E-state index in [4.69, 9.17) is 9.72 Å². The number of ether oxygens (including phenoxy) is 1. The molecule has 1 amide bonds. The minimum atomic E-state index is 0.0287. The molecule has 0 bridgehead atoms. The van der Waals surface area contributed by atoms with Crippen LogP contribution in [-0.4, -0.2) is 53.6 Å². The van der Waals surface area contributed by atoms with Crippen molar-refractivity contribution in [3.63, 3.8) is 0 Å². The van der Waals surface area contributed by atoms with Crippen LogP contribution < -0.4 is 4.74 Å². The lowest BCUT2D eigenvalue weighted by Crippen LogP contribution is -2.37. The standard InChI is InChI=1S/C29H29N7O2/c1-3-29(37)35-11-8-20(9-12-35)10-13-36-18-21(16-31-36)28-17-30-24-6-4-22(14-26(24)34-28)38-23-5-7-25-27(15-23)33-19(2)32-25/h3-7,14-18,20H,1,8-13H2,2H3,(H,32,33). The zero-order valence-corrected chi connectivity index (χ0v) is 21.3. The third-order valence-electron chi connectivity index (χ3n) is 7.12. The van der Waals surface area contributed by atoms with Crippen molar-refractivity contribution in [2.45, 2.75) is 32.7 Å². The first kappa shape index (κ1) is 23.8. The van der Waals surface area contributed by atoms with E-state index in [0.717, 1.165) is 83.8 Å². The molecule has 1 aliphatic rings. The van der Waals surface area contributed by atoms with E-state index in [1.165, 1.54) is 6.08 Å². The van der Waals surface area contributed by atoms with Crippen LogP contribution in [0, 0.1) is 12.8 Å². The van der Waals surface area contributed by atoms with Gasteiger partial charge in [0, 0.05) is 43.5 Å². The Morgan fingerprint density at radius 2 is 1.87 bits per heavy atom. The Morgan fingerprint density at radius 1 is 1.08 bits per heavy atom. The van der Waals surface area contributed by atoms with Gasteiger partial charge in [0.15, 0.2) is 0 Å². The second-order valence-electron chi connectivity index (χ2n) is 9.76. The lowest BCUT2D eigenvalue weighted by atomic mass is 9.93. The Morgan fingerprint density at radius 3 is 2.68 bits per heavy atom. The molecular formula is C29H29N7O2. The van der Waals surface area contributed by atoms with Gasteiger partial charge in [-0.15, -0.1) is 0 Å². The molecule has 0 saturated carbocycles. The van der Waals surface area contributed by atoms with Crippen LogP contribution in [-0.2, 0) is 11.3 Å². The van der Waals surface area contributed by atoms with Crippen molar-refractivity contribution in [1.82, 2.24) is 34.6 Å². The number of carbonyl (C=O) groups excluding carboxylic acids is 1. The number of likely N-dealkylation sites (tertiary alicyclic amines) is 1. The third-order valence-corrected chi connectivity index (χ3v) is 7.12. The Kier molecular flexibility index (Phi) is 6.33. The van der Waals surface area contributed by atoms with E-state index in [1.54, 1.807) is 6.20 Å². The number of hydrogen-bond acceptors (Lipinski definition) is 6. The number of hydrogen-bond donors (Lipinski definition) is 1. The van der Waals surface area contributed by atoms with Crippen LogP contribution in [0.4, 0.5) is 0 Å². The number of nitrogens with one attached hydrogen (secondary N) is 1. The predicted octanol–water partition coefficient (Wildman–Crippen LogP) is 5.29. The van der Waals surface area contributed by atoms with E-state index >= 15 is 0 Å². The van der Waals surface area contributed by atoms with Gasteiger partial charge in [-0.3, -0.25) is 14.5 Å². The van der Waals surface area contributed by atoms with E-state index in [1.807, 2.05) is 65.3 Å². The first-order valence-corrected chi connectivity index (χ1v) is 12.9. The maximum atomic E-state index is 11.8. The summed E-state index contributed by atoms with van der Waals surface area (Å²) in [6.45, 7) is 7.95. The summed E-state index contributed by atoms with van der Waals surface area (Å²) in [4.78, 5) is 30.8. The number of aromatic nitrogens is 6. The summed E-state index contributed by atoms with van der Waals surface area (Å²) >= 11 is 0. The molecule has 4 heterocycles. The van der Waals surface area contributed by atoms with E-state index < -0.39 is 0 Å². The zero-order chi connectivity index (χ0) is 26.1. The van der Waals surface area contributed by atoms with Gasteiger partial charge < -0.3 is 14.6 Å². The molecule has 192 valence electrons. The number of nitrogens with zero attached hydrogens (tertiary/aromatic N) is 6. The molecule has 0 radical (unpaired) electrons. The minimum Gasteiger partial charge on any atom is -0.457 e. The van der Waals surface area contributed by atoms with Crippen molar-refractivity contribution >= 4 is 28.0 Å². The fraction of sp³-hybridized carbons (Fsp3) is 0.276. The Bertz CT molecular complexity index is 1630. The smallest absolute Gasteiger partial charge is 0.245 e. The molecule has 0 spiro atoms. The van der Waals surface area contributed by atoms with Crippen molar-refractivity contribution in [2.24, 2.45) is 5.92 Å². The number of piperidine rings is 1. The van der Waals surface area contributed by atoms with Gasteiger partial charge in [0.05, 0.1) is 40.2 Å². The second kappa shape index (κ2) is 10.1. The van der Waals surface area contributed by atoms with Crippen molar-refractivity contribution in [2.75, 3.05) is 13.1 Å². The molecule has 1 aliphatic heterocycles. The number of H-pyrrole nitrogens is 1. The SMILES string of the molecule is C=CC(=O)N1CCC(CCn2cc(-c3cnc4ccc(Oc5ccc6nc(C)[nH]c6c5)cc4n3)cn2)CC1. The number of rotatable bonds is 7. The van der Waals surface area contributed by atoms with Gasteiger partial charge in [-0.2, -0.15) is 5.10 Å². The van der Waals surface area contributed by atoms with Crippen LogP contribution in [0.3, 0.4) is 0 Å². The monoisotopic (exact) mass is 507 g/mol. The molecule has 9 heteroatoms. The van der Waals surface area contributed by atoms with Gasteiger partial charge in [-0.05, 0) is 62.4 Å². The van der Waals surface area contributed by atoms with Gasteiger partial charge in [0.25, 0.3) is 0 Å². The average molecular weight is 508 g/mol. The van der Waals surface area contributed by atoms with Gasteiger partial charge in [-0.1, -0.05) is 6.58 Å². The number of carbonyl (C=O) groups is 1. The Balaban J connectivity index is 1.12. The molecule has 1 N–H and O–H groups in total. The molecule has 3 aromatic heterocycles. The molecule has 6 rings (SSSR count). The lowest BCUT2D eigenvalue weighted by Gasteiger charge is -2.31. The summed E-state index contributed by atoms with van der Waals surface area (Å²) in [5, 5.41) is 4.55. The molecule has 5 aromatic rings. The molecule has 2 aromatic carbocycles. The second-order valence-corrected chi connectivity index (χ2v) is 9.76. The van der Waals surface area contributed by atoms with Crippen molar-refractivity contribution in [3.8, 4) is 22.8 Å². The average Bonchev–Trinajstić information content (AvgIpc) is 3.57. The van der Waals surface area contributed by atoms with E-state index in [9.17, 15) is 4.79 Å². The number of aryl methyl sites for hydroxylation is 2. The topological polar surface area (TPSA) is 102 Å². The number of amides is 1.